The highest BCUT2D eigenvalue weighted by Gasteiger charge is 2.35. The highest BCUT2D eigenvalue weighted by Crippen LogP contribution is 2.37. The molecule has 0 radical (unpaired) electrons. The van der Waals surface area contributed by atoms with Gasteiger partial charge >= 0.3 is 5.97 Å². The summed E-state index contributed by atoms with van der Waals surface area (Å²) in [7, 11) is 1.37. The van der Waals surface area contributed by atoms with Gasteiger partial charge in [0.25, 0.3) is 17.7 Å². The van der Waals surface area contributed by atoms with Gasteiger partial charge in [0.1, 0.15) is 5.57 Å². The van der Waals surface area contributed by atoms with Crippen molar-refractivity contribution in [2.75, 3.05) is 23.9 Å². The zero-order valence-corrected chi connectivity index (χ0v) is 21.8. The third kappa shape index (κ3) is 6.22. The van der Waals surface area contributed by atoms with Gasteiger partial charge in [-0.2, -0.15) is 0 Å². The van der Waals surface area contributed by atoms with Crippen molar-refractivity contribution in [3.63, 3.8) is 0 Å². The topological polar surface area (TPSA) is 134 Å². The number of halogens is 1. The zero-order valence-electron chi connectivity index (χ0n) is 20.3. The van der Waals surface area contributed by atoms with Gasteiger partial charge in [-0.15, -0.1) is 0 Å². The number of aromatic carboxylic acids is 1. The Morgan fingerprint density at radius 2 is 1.85 bits per heavy atom. The van der Waals surface area contributed by atoms with Gasteiger partial charge in [0.15, 0.2) is 23.2 Å². The summed E-state index contributed by atoms with van der Waals surface area (Å²) < 4.78 is 11.0. The van der Waals surface area contributed by atoms with Crippen molar-refractivity contribution in [1.29, 1.82) is 0 Å². The van der Waals surface area contributed by atoms with Crippen LogP contribution in [0, 0.1) is 0 Å². The Bertz CT molecular complexity index is 1530. The Labute approximate surface area is 232 Å². The summed E-state index contributed by atoms with van der Waals surface area (Å²) in [4.78, 5) is 50.6. The average molecular weight is 566 g/mol. The molecule has 12 heteroatoms. The molecule has 10 nitrogen and oxygen atoms in total. The first-order valence-corrected chi connectivity index (χ1v) is 12.1. The Morgan fingerprint density at radius 1 is 1.10 bits per heavy atom. The molecule has 1 heterocycles. The molecule has 1 saturated heterocycles. The smallest absolute Gasteiger partial charge is 0.335 e. The molecule has 1 aliphatic rings. The van der Waals surface area contributed by atoms with E-state index in [9.17, 15) is 24.3 Å². The van der Waals surface area contributed by atoms with Crippen molar-refractivity contribution in [2.45, 2.75) is 0 Å². The summed E-state index contributed by atoms with van der Waals surface area (Å²) in [6.07, 6.45) is 1.29. The van der Waals surface area contributed by atoms with Gasteiger partial charge < -0.3 is 19.9 Å². The Morgan fingerprint density at radius 3 is 2.54 bits per heavy atom. The van der Waals surface area contributed by atoms with E-state index >= 15 is 0 Å². The number of thiocarbonyl (C=S) groups is 1. The lowest BCUT2D eigenvalue weighted by molar-refractivity contribution is -0.122. The van der Waals surface area contributed by atoms with E-state index in [2.05, 4.69) is 10.6 Å². The number of rotatable bonds is 8. The molecular formula is C27H20ClN3O7S. The lowest BCUT2D eigenvalue weighted by Gasteiger charge is -2.29. The van der Waals surface area contributed by atoms with Crippen LogP contribution in [-0.4, -0.2) is 47.6 Å². The summed E-state index contributed by atoms with van der Waals surface area (Å²) in [5.74, 6) is -2.86. The van der Waals surface area contributed by atoms with Crippen LogP contribution in [0.5, 0.6) is 11.5 Å². The van der Waals surface area contributed by atoms with Gasteiger partial charge in [0.05, 0.1) is 23.4 Å². The molecule has 3 amide bonds. The van der Waals surface area contributed by atoms with Gasteiger partial charge in [0, 0.05) is 5.69 Å². The highest BCUT2D eigenvalue weighted by atomic mass is 35.5. The average Bonchev–Trinajstić information content (AvgIpc) is 2.90. The molecule has 0 aromatic heterocycles. The number of benzene rings is 3. The Hall–Kier alpha value is -4.74. The number of carboxylic acid groups (broad SMARTS) is 1. The van der Waals surface area contributed by atoms with E-state index in [-0.39, 0.29) is 45.1 Å². The maximum atomic E-state index is 13.3. The van der Waals surface area contributed by atoms with E-state index in [1.165, 1.54) is 49.6 Å². The van der Waals surface area contributed by atoms with Crippen LogP contribution < -0.4 is 25.0 Å². The first-order valence-electron chi connectivity index (χ1n) is 11.3. The molecule has 39 heavy (non-hydrogen) atoms. The first-order chi connectivity index (χ1) is 18.7. The lowest BCUT2D eigenvalue weighted by Crippen LogP contribution is -2.54. The molecule has 0 spiro atoms. The fourth-order valence-electron chi connectivity index (χ4n) is 3.66. The Kier molecular flexibility index (Phi) is 8.23. The first kappa shape index (κ1) is 27.3. The van der Waals surface area contributed by atoms with Crippen molar-refractivity contribution in [3.05, 3.63) is 88.5 Å². The van der Waals surface area contributed by atoms with Gasteiger partial charge in [0.2, 0.25) is 0 Å². The number of anilines is 2. The molecule has 0 atom stereocenters. The second-order valence-electron chi connectivity index (χ2n) is 8.05. The summed E-state index contributed by atoms with van der Waals surface area (Å²) in [6.45, 7) is -0.353. The van der Waals surface area contributed by atoms with Crippen molar-refractivity contribution in [3.8, 4) is 11.5 Å². The third-order valence-electron chi connectivity index (χ3n) is 5.42. The van der Waals surface area contributed by atoms with Crippen molar-refractivity contribution in [2.24, 2.45) is 0 Å². The number of amides is 3. The van der Waals surface area contributed by atoms with Gasteiger partial charge in [-0.3, -0.25) is 24.6 Å². The van der Waals surface area contributed by atoms with E-state index in [4.69, 9.17) is 33.3 Å². The number of para-hydroxylation sites is 1. The highest BCUT2D eigenvalue weighted by molar-refractivity contribution is 7.80. The summed E-state index contributed by atoms with van der Waals surface area (Å²) in [5.41, 5.74) is 0.755. The number of carbonyl (C=O) groups excluding carboxylic acids is 3. The van der Waals surface area contributed by atoms with Crippen molar-refractivity contribution in [1.82, 2.24) is 5.32 Å². The minimum atomic E-state index is -1.19. The summed E-state index contributed by atoms with van der Waals surface area (Å²) in [6, 6.07) is 17.3. The van der Waals surface area contributed by atoms with Crippen LogP contribution >= 0.6 is 23.8 Å². The second-order valence-corrected chi connectivity index (χ2v) is 8.84. The molecule has 1 fully saturated rings. The number of nitrogens with zero attached hydrogens (tertiary/aromatic N) is 1. The second kappa shape index (κ2) is 11.8. The third-order valence-corrected chi connectivity index (χ3v) is 5.99. The molecule has 1 aliphatic heterocycles. The maximum Gasteiger partial charge on any atom is 0.335 e. The Balaban J connectivity index is 1.58. The molecular weight excluding hydrogens is 546 g/mol. The number of hydrogen-bond donors (Lipinski definition) is 3. The van der Waals surface area contributed by atoms with E-state index in [0.29, 0.717) is 11.3 Å². The molecule has 0 unspecified atom stereocenters. The van der Waals surface area contributed by atoms with E-state index in [1.54, 1.807) is 24.3 Å². The van der Waals surface area contributed by atoms with Crippen LogP contribution in [-0.2, 0) is 14.4 Å². The van der Waals surface area contributed by atoms with Crippen LogP contribution in [0.15, 0.2) is 72.3 Å². The fraction of sp³-hybridized carbons (Fsp3) is 0.0741. The molecule has 3 aromatic rings. The normalized spacial score (nSPS) is 14.2. The number of carbonyl (C=O) groups is 4. The van der Waals surface area contributed by atoms with E-state index < -0.39 is 23.7 Å². The number of methoxy groups -OCH3 is 1. The summed E-state index contributed by atoms with van der Waals surface area (Å²) >= 11 is 11.6. The van der Waals surface area contributed by atoms with Crippen LogP contribution in [0.1, 0.15) is 15.9 Å². The van der Waals surface area contributed by atoms with Crippen molar-refractivity contribution < 1.29 is 33.8 Å². The fourth-order valence-corrected chi connectivity index (χ4v) is 4.21. The number of carboxylic acids is 1. The molecule has 0 bridgehead atoms. The number of nitrogens with one attached hydrogen (secondary N) is 2. The van der Waals surface area contributed by atoms with Crippen LogP contribution in [0.4, 0.5) is 11.4 Å². The minimum absolute atomic E-state index is 0.0601. The molecule has 0 saturated carbocycles. The van der Waals surface area contributed by atoms with E-state index in [0.717, 1.165) is 4.90 Å². The standard InChI is InChI=1S/C27H20ClN3O7S/c1-37-21-12-15(11-20(28)23(21)38-14-22(32)29-17-7-3-2-4-8-17)10-19-24(33)30-27(39)31(25(19)34)18-9-5-6-16(13-18)26(35)36/h2-13H,14H2,1H3,(H,29,32)(H,35,36)(H,30,33,39). The lowest BCUT2D eigenvalue weighted by atomic mass is 10.1. The van der Waals surface area contributed by atoms with Crippen LogP contribution in [0.3, 0.4) is 0 Å². The van der Waals surface area contributed by atoms with Crippen LogP contribution in [0.25, 0.3) is 6.08 Å². The molecule has 198 valence electrons. The predicted octanol–water partition coefficient (Wildman–Crippen LogP) is 3.90. The monoisotopic (exact) mass is 565 g/mol. The largest absolute Gasteiger partial charge is 0.493 e. The number of hydrogen-bond acceptors (Lipinski definition) is 7. The minimum Gasteiger partial charge on any atom is -0.493 e. The van der Waals surface area contributed by atoms with E-state index in [1.807, 2.05) is 6.07 Å². The zero-order chi connectivity index (χ0) is 28.1. The van der Waals surface area contributed by atoms with Gasteiger partial charge in [-0.25, -0.2) is 4.79 Å². The molecule has 4 rings (SSSR count). The van der Waals surface area contributed by atoms with Crippen molar-refractivity contribution >= 4 is 70.1 Å². The quantitative estimate of drug-likeness (QED) is 0.213. The van der Waals surface area contributed by atoms with Crippen LogP contribution in [0.2, 0.25) is 5.02 Å². The molecule has 3 N–H and O–H groups in total. The SMILES string of the molecule is COc1cc(C=C2C(=O)NC(=S)N(c3cccc(C(=O)O)c3)C2=O)cc(Cl)c1OCC(=O)Nc1ccccc1. The molecule has 3 aromatic carbocycles. The maximum absolute atomic E-state index is 13.3. The summed E-state index contributed by atoms with van der Waals surface area (Å²) in [5, 5.41) is 14.3. The molecule has 0 aliphatic carbocycles. The van der Waals surface area contributed by atoms with Gasteiger partial charge in [-0.05, 0) is 66.3 Å². The predicted molar refractivity (Wildman–Crippen MR) is 148 cm³/mol. The van der Waals surface area contributed by atoms with Gasteiger partial charge in [-0.1, -0.05) is 35.9 Å². The number of ether oxygens (including phenoxy) is 2.